The van der Waals surface area contributed by atoms with Gasteiger partial charge in [0.15, 0.2) is 0 Å². The Hall–Kier alpha value is -2.78. The molecule has 0 spiro atoms. The van der Waals surface area contributed by atoms with Crippen LogP contribution >= 0.6 is 34.8 Å². The van der Waals surface area contributed by atoms with Gasteiger partial charge >= 0.3 is 0 Å². The van der Waals surface area contributed by atoms with E-state index in [1.54, 1.807) is 68.4 Å². The van der Waals surface area contributed by atoms with Gasteiger partial charge in [0.2, 0.25) is 11.8 Å². The zero-order valence-electron chi connectivity index (χ0n) is 23.2. The molecule has 0 heterocycles. The molecule has 0 unspecified atom stereocenters. The van der Waals surface area contributed by atoms with Crippen molar-refractivity contribution in [2.45, 2.75) is 57.5 Å². The average molecular weight is 639 g/mol. The second-order valence-corrected chi connectivity index (χ2v) is 12.6. The third-order valence-corrected chi connectivity index (χ3v) is 9.46. The molecule has 7 nitrogen and oxygen atoms in total. The fraction of sp³-hybridized carbons (Fsp3) is 0.333. The van der Waals surface area contributed by atoms with Crippen molar-refractivity contribution < 1.29 is 18.0 Å². The molecule has 0 aliphatic carbocycles. The Labute approximate surface area is 257 Å². The van der Waals surface area contributed by atoms with E-state index in [1.807, 2.05) is 6.92 Å². The highest BCUT2D eigenvalue weighted by Crippen LogP contribution is 2.31. The molecular weight excluding hydrogens is 605 g/mol. The van der Waals surface area contributed by atoms with Crippen LogP contribution in [0.25, 0.3) is 0 Å². The number of carbonyl (C=O) groups is 2. The van der Waals surface area contributed by atoms with Gasteiger partial charge in [-0.2, -0.15) is 0 Å². The van der Waals surface area contributed by atoms with E-state index in [1.165, 1.54) is 17.0 Å². The number of anilines is 1. The maximum absolute atomic E-state index is 14.2. The average Bonchev–Trinajstić information content (AvgIpc) is 2.95. The second kappa shape index (κ2) is 14.9. The van der Waals surface area contributed by atoms with E-state index >= 15 is 0 Å². The summed E-state index contributed by atoms with van der Waals surface area (Å²) in [6.45, 7) is 5.38. The summed E-state index contributed by atoms with van der Waals surface area (Å²) in [5.74, 6) is -0.900. The number of carbonyl (C=O) groups excluding carboxylic acids is 2. The van der Waals surface area contributed by atoms with Crippen LogP contribution in [0.2, 0.25) is 15.1 Å². The first-order valence-electron chi connectivity index (χ1n) is 13.3. The Bertz CT molecular complexity index is 1470. The molecule has 1 atom stereocenters. The molecule has 3 aromatic carbocycles. The minimum absolute atomic E-state index is 0.0174. The van der Waals surface area contributed by atoms with Crippen LogP contribution in [0.5, 0.6) is 0 Å². The van der Waals surface area contributed by atoms with Crippen molar-refractivity contribution in [1.82, 2.24) is 10.2 Å². The van der Waals surface area contributed by atoms with Gasteiger partial charge in [-0.05, 0) is 67.3 Å². The molecular formula is C30H34Cl3N3O4S. The first kappa shape index (κ1) is 32.7. The highest BCUT2D eigenvalue weighted by atomic mass is 35.5. The van der Waals surface area contributed by atoms with E-state index in [-0.39, 0.29) is 23.0 Å². The predicted molar refractivity (Wildman–Crippen MR) is 166 cm³/mol. The van der Waals surface area contributed by atoms with E-state index in [4.69, 9.17) is 34.8 Å². The van der Waals surface area contributed by atoms with Crippen molar-refractivity contribution in [3.05, 3.63) is 92.9 Å². The van der Waals surface area contributed by atoms with Crippen molar-refractivity contribution in [2.24, 2.45) is 0 Å². The van der Waals surface area contributed by atoms with Gasteiger partial charge in [0.05, 0.1) is 10.6 Å². The van der Waals surface area contributed by atoms with Crippen LogP contribution in [-0.4, -0.2) is 44.3 Å². The second-order valence-electron chi connectivity index (χ2n) is 9.53. The molecule has 0 aliphatic heterocycles. The summed E-state index contributed by atoms with van der Waals surface area (Å²) in [5, 5.41) is 4.02. The maximum Gasteiger partial charge on any atom is 0.264 e. The Balaban J connectivity index is 2.09. The number of rotatable bonds is 13. The molecule has 3 aromatic rings. The molecule has 0 radical (unpaired) electrons. The SMILES string of the molecule is CCCCNC(=O)[C@@H](CC)N(Cc1ccc(Cl)cc1Cl)C(=O)CN(c1cccc(Cl)c1C)S(=O)(=O)c1ccccc1. The van der Waals surface area contributed by atoms with Gasteiger partial charge in [-0.15, -0.1) is 0 Å². The molecule has 0 fully saturated rings. The minimum Gasteiger partial charge on any atom is -0.354 e. The van der Waals surface area contributed by atoms with Gasteiger partial charge in [-0.3, -0.25) is 13.9 Å². The van der Waals surface area contributed by atoms with E-state index < -0.39 is 28.5 Å². The number of hydrogen-bond donors (Lipinski definition) is 1. The molecule has 0 aliphatic rings. The normalized spacial score (nSPS) is 12.0. The summed E-state index contributed by atoms with van der Waals surface area (Å²) >= 11 is 18.9. The number of hydrogen-bond acceptors (Lipinski definition) is 4. The van der Waals surface area contributed by atoms with Crippen LogP contribution in [0.1, 0.15) is 44.2 Å². The highest BCUT2D eigenvalue weighted by molar-refractivity contribution is 7.92. The number of benzene rings is 3. The lowest BCUT2D eigenvalue weighted by molar-refractivity contribution is -0.140. The van der Waals surface area contributed by atoms with E-state index in [0.29, 0.717) is 39.2 Å². The lowest BCUT2D eigenvalue weighted by atomic mass is 10.1. The van der Waals surface area contributed by atoms with Gasteiger partial charge in [-0.25, -0.2) is 8.42 Å². The zero-order chi connectivity index (χ0) is 30.2. The smallest absolute Gasteiger partial charge is 0.264 e. The van der Waals surface area contributed by atoms with Gasteiger partial charge in [0.1, 0.15) is 12.6 Å². The van der Waals surface area contributed by atoms with Crippen molar-refractivity contribution >= 4 is 62.3 Å². The summed E-state index contributed by atoms with van der Waals surface area (Å²) in [5.41, 5.74) is 1.33. The number of halogens is 3. The summed E-state index contributed by atoms with van der Waals surface area (Å²) in [7, 11) is -4.20. The summed E-state index contributed by atoms with van der Waals surface area (Å²) in [4.78, 5) is 28.8. The maximum atomic E-state index is 14.2. The van der Waals surface area contributed by atoms with E-state index in [0.717, 1.165) is 17.1 Å². The van der Waals surface area contributed by atoms with Gasteiger partial charge in [-0.1, -0.05) is 85.4 Å². The minimum atomic E-state index is -4.20. The number of nitrogens with one attached hydrogen (secondary N) is 1. The lowest BCUT2D eigenvalue weighted by Gasteiger charge is -2.33. The van der Waals surface area contributed by atoms with Crippen LogP contribution in [0.4, 0.5) is 5.69 Å². The number of amides is 2. The van der Waals surface area contributed by atoms with Crippen LogP contribution in [0.15, 0.2) is 71.6 Å². The quantitative estimate of drug-likeness (QED) is 0.207. The molecule has 1 N–H and O–H groups in total. The monoisotopic (exact) mass is 637 g/mol. The number of sulfonamides is 1. The Morgan fingerprint density at radius 2 is 1.63 bits per heavy atom. The van der Waals surface area contributed by atoms with Gasteiger partial charge < -0.3 is 10.2 Å². The third kappa shape index (κ3) is 8.16. The van der Waals surface area contributed by atoms with E-state index in [9.17, 15) is 18.0 Å². The largest absolute Gasteiger partial charge is 0.354 e. The summed E-state index contributed by atoms with van der Waals surface area (Å²) < 4.78 is 28.9. The predicted octanol–water partition coefficient (Wildman–Crippen LogP) is 6.87. The fourth-order valence-electron chi connectivity index (χ4n) is 4.36. The molecule has 0 aromatic heterocycles. The molecule has 3 rings (SSSR count). The zero-order valence-corrected chi connectivity index (χ0v) is 26.3. The van der Waals surface area contributed by atoms with E-state index in [2.05, 4.69) is 5.32 Å². The summed E-state index contributed by atoms with van der Waals surface area (Å²) in [6, 6.07) is 16.8. The van der Waals surface area contributed by atoms with Crippen LogP contribution in [-0.2, 0) is 26.2 Å². The number of unbranched alkanes of at least 4 members (excludes halogenated alkanes) is 1. The molecule has 220 valence electrons. The standard InChI is InChI=1S/C30H34Cl3N3O4S/c1-4-6-17-34-30(38)27(5-2)35(19-22-15-16-23(31)18-26(22)33)29(37)20-36(28-14-10-13-25(32)21(28)3)41(39,40)24-11-8-7-9-12-24/h7-16,18,27H,4-6,17,19-20H2,1-3H3,(H,34,38)/t27-/m1/s1. The molecule has 0 saturated heterocycles. The highest BCUT2D eigenvalue weighted by Gasteiger charge is 2.34. The molecule has 2 amide bonds. The van der Waals surface area contributed by atoms with Crippen molar-refractivity contribution in [3.63, 3.8) is 0 Å². The summed E-state index contributed by atoms with van der Waals surface area (Å²) in [6.07, 6.45) is 1.98. The van der Waals surface area contributed by atoms with Crippen LogP contribution in [0.3, 0.4) is 0 Å². The topological polar surface area (TPSA) is 86.8 Å². The first-order chi connectivity index (χ1) is 19.5. The van der Waals surface area contributed by atoms with Crippen molar-refractivity contribution in [1.29, 1.82) is 0 Å². The van der Waals surface area contributed by atoms with Crippen LogP contribution in [0, 0.1) is 6.92 Å². The van der Waals surface area contributed by atoms with Crippen LogP contribution < -0.4 is 9.62 Å². The fourth-order valence-corrected chi connectivity index (χ4v) is 6.49. The molecule has 0 bridgehead atoms. The third-order valence-electron chi connectivity index (χ3n) is 6.69. The first-order valence-corrected chi connectivity index (χ1v) is 15.9. The number of nitrogens with zero attached hydrogens (tertiary/aromatic N) is 2. The van der Waals surface area contributed by atoms with Gasteiger partial charge in [0, 0.05) is 28.2 Å². The Morgan fingerprint density at radius 1 is 0.927 bits per heavy atom. The lowest BCUT2D eigenvalue weighted by Crippen LogP contribution is -2.52. The molecule has 11 heteroatoms. The molecule has 41 heavy (non-hydrogen) atoms. The van der Waals surface area contributed by atoms with Crippen molar-refractivity contribution in [2.75, 3.05) is 17.4 Å². The molecule has 0 saturated carbocycles. The Morgan fingerprint density at radius 3 is 2.27 bits per heavy atom. The van der Waals surface area contributed by atoms with Crippen molar-refractivity contribution in [3.8, 4) is 0 Å². The Kier molecular flexibility index (Phi) is 11.9. The van der Waals surface area contributed by atoms with Gasteiger partial charge in [0.25, 0.3) is 10.0 Å².